The highest BCUT2D eigenvalue weighted by atomic mass is 79.9. The van der Waals surface area contributed by atoms with E-state index in [-0.39, 0.29) is 0 Å². The average Bonchev–Trinajstić information content (AvgIpc) is 2.85. The van der Waals surface area contributed by atoms with Crippen molar-refractivity contribution in [3.05, 3.63) is 43.9 Å². The predicted molar refractivity (Wildman–Crippen MR) is 78.5 cm³/mol. The van der Waals surface area contributed by atoms with Gasteiger partial charge in [-0.3, -0.25) is 4.90 Å². The standard InChI is InChI=1S/C13H17BrN2OS/c1-9-3-11(17-13(9)5-15)6-16(2)7-12-4-10(14)8-18-12/h3-4,8H,5-7,15H2,1-2H3. The van der Waals surface area contributed by atoms with E-state index in [2.05, 4.69) is 45.4 Å². The van der Waals surface area contributed by atoms with E-state index in [0.717, 1.165) is 34.6 Å². The Kier molecular flexibility index (Phi) is 4.61. The molecule has 0 saturated heterocycles. The molecule has 0 amide bonds. The molecule has 0 fully saturated rings. The summed E-state index contributed by atoms with van der Waals surface area (Å²) in [6.07, 6.45) is 0. The first kappa shape index (κ1) is 13.8. The number of furan rings is 1. The van der Waals surface area contributed by atoms with Crippen molar-refractivity contribution in [1.82, 2.24) is 4.90 Å². The maximum atomic E-state index is 5.70. The molecule has 0 radical (unpaired) electrons. The molecule has 2 aromatic rings. The Balaban J connectivity index is 1.96. The summed E-state index contributed by atoms with van der Waals surface area (Å²) in [7, 11) is 2.09. The molecule has 0 unspecified atom stereocenters. The second-order valence-corrected chi connectivity index (χ2v) is 6.34. The second-order valence-electron chi connectivity index (χ2n) is 4.43. The van der Waals surface area contributed by atoms with Gasteiger partial charge in [0.2, 0.25) is 0 Å². The van der Waals surface area contributed by atoms with Crippen molar-refractivity contribution in [1.29, 1.82) is 0 Å². The Labute approximate surface area is 120 Å². The Morgan fingerprint density at radius 1 is 1.39 bits per heavy atom. The van der Waals surface area contributed by atoms with Crippen LogP contribution in [0.2, 0.25) is 0 Å². The Morgan fingerprint density at radius 2 is 2.17 bits per heavy atom. The highest BCUT2D eigenvalue weighted by Crippen LogP contribution is 2.22. The van der Waals surface area contributed by atoms with Crippen LogP contribution >= 0.6 is 27.3 Å². The third-order valence-corrected chi connectivity index (χ3v) is 4.41. The molecule has 2 rings (SSSR count). The van der Waals surface area contributed by atoms with Crippen LogP contribution in [0, 0.1) is 6.92 Å². The quantitative estimate of drug-likeness (QED) is 0.913. The largest absolute Gasteiger partial charge is 0.463 e. The number of hydrogen-bond acceptors (Lipinski definition) is 4. The first-order valence-electron chi connectivity index (χ1n) is 5.78. The van der Waals surface area contributed by atoms with Crippen LogP contribution in [-0.2, 0) is 19.6 Å². The predicted octanol–water partition coefficient (Wildman–Crippen LogP) is 3.50. The zero-order valence-electron chi connectivity index (χ0n) is 10.6. The van der Waals surface area contributed by atoms with Gasteiger partial charge in [0.25, 0.3) is 0 Å². The number of aryl methyl sites for hydroxylation is 1. The van der Waals surface area contributed by atoms with Gasteiger partial charge in [-0.25, -0.2) is 0 Å². The molecule has 98 valence electrons. The van der Waals surface area contributed by atoms with Crippen LogP contribution in [0.25, 0.3) is 0 Å². The van der Waals surface area contributed by atoms with Crippen LogP contribution in [-0.4, -0.2) is 11.9 Å². The summed E-state index contributed by atoms with van der Waals surface area (Å²) in [5.41, 5.74) is 6.75. The fourth-order valence-corrected chi connectivity index (χ4v) is 3.43. The first-order valence-corrected chi connectivity index (χ1v) is 7.45. The van der Waals surface area contributed by atoms with E-state index in [1.165, 1.54) is 4.88 Å². The van der Waals surface area contributed by atoms with Gasteiger partial charge < -0.3 is 10.2 Å². The third kappa shape index (κ3) is 3.45. The molecule has 0 aliphatic rings. The minimum atomic E-state index is 0.466. The Hall–Kier alpha value is -0.620. The number of hydrogen-bond donors (Lipinski definition) is 1. The van der Waals surface area contributed by atoms with Crippen molar-refractivity contribution in [3.8, 4) is 0 Å². The monoisotopic (exact) mass is 328 g/mol. The molecule has 0 bridgehead atoms. The molecular formula is C13H17BrN2OS. The highest BCUT2D eigenvalue weighted by Gasteiger charge is 2.09. The van der Waals surface area contributed by atoms with Gasteiger partial charge in [-0.2, -0.15) is 0 Å². The molecule has 0 aliphatic heterocycles. The average molecular weight is 329 g/mol. The lowest BCUT2D eigenvalue weighted by Gasteiger charge is -2.13. The number of halogens is 1. The molecule has 0 aromatic carbocycles. The molecule has 3 nitrogen and oxygen atoms in total. The van der Waals surface area contributed by atoms with Crippen LogP contribution < -0.4 is 5.73 Å². The van der Waals surface area contributed by atoms with Gasteiger partial charge in [0.1, 0.15) is 11.5 Å². The smallest absolute Gasteiger partial charge is 0.120 e. The molecule has 18 heavy (non-hydrogen) atoms. The number of nitrogens with two attached hydrogens (primary N) is 1. The molecule has 0 spiro atoms. The molecular weight excluding hydrogens is 312 g/mol. The fraction of sp³-hybridized carbons (Fsp3) is 0.385. The fourth-order valence-electron chi connectivity index (χ4n) is 1.90. The number of nitrogens with zero attached hydrogens (tertiary/aromatic N) is 1. The van der Waals surface area contributed by atoms with Crippen molar-refractivity contribution in [2.45, 2.75) is 26.6 Å². The SMILES string of the molecule is Cc1cc(CN(C)Cc2cc(Br)cs2)oc1CN. The van der Waals surface area contributed by atoms with Crippen molar-refractivity contribution in [3.63, 3.8) is 0 Å². The summed E-state index contributed by atoms with van der Waals surface area (Å²) in [5, 5.41) is 2.10. The number of thiophene rings is 1. The van der Waals surface area contributed by atoms with Crippen molar-refractivity contribution in [2.75, 3.05) is 7.05 Å². The van der Waals surface area contributed by atoms with E-state index in [0.29, 0.717) is 6.54 Å². The summed E-state index contributed by atoms with van der Waals surface area (Å²) in [6.45, 7) is 4.23. The van der Waals surface area contributed by atoms with Crippen molar-refractivity contribution >= 4 is 27.3 Å². The van der Waals surface area contributed by atoms with E-state index in [9.17, 15) is 0 Å². The molecule has 0 atom stereocenters. The Bertz CT molecular complexity index is 521. The summed E-state index contributed by atoms with van der Waals surface area (Å²) in [5.74, 6) is 1.86. The molecule has 2 aromatic heterocycles. The zero-order chi connectivity index (χ0) is 13.1. The highest BCUT2D eigenvalue weighted by molar-refractivity contribution is 9.10. The van der Waals surface area contributed by atoms with Gasteiger partial charge in [0, 0.05) is 21.3 Å². The molecule has 2 N–H and O–H groups in total. The minimum absolute atomic E-state index is 0.466. The maximum absolute atomic E-state index is 5.70. The van der Waals surface area contributed by atoms with E-state index in [4.69, 9.17) is 10.2 Å². The second kappa shape index (κ2) is 6.02. The van der Waals surface area contributed by atoms with Crippen LogP contribution in [0.1, 0.15) is 22.0 Å². The summed E-state index contributed by atoms with van der Waals surface area (Å²) in [6, 6.07) is 4.23. The molecule has 0 saturated carbocycles. The van der Waals surface area contributed by atoms with Gasteiger partial charge in [-0.05, 0) is 47.6 Å². The van der Waals surface area contributed by atoms with Crippen molar-refractivity contribution in [2.24, 2.45) is 5.73 Å². The molecule has 0 aliphatic carbocycles. The number of rotatable bonds is 5. The summed E-state index contributed by atoms with van der Waals surface area (Å²) < 4.78 is 6.85. The van der Waals surface area contributed by atoms with Crippen LogP contribution in [0.15, 0.2) is 26.4 Å². The van der Waals surface area contributed by atoms with Crippen LogP contribution in [0.3, 0.4) is 0 Å². The zero-order valence-corrected chi connectivity index (χ0v) is 13.0. The lowest BCUT2D eigenvalue weighted by molar-refractivity contribution is 0.286. The Morgan fingerprint density at radius 3 is 2.72 bits per heavy atom. The lowest BCUT2D eigenvalue weighted by atomic mass is 10.2. The molecule has 5 heteroatoms. The van der Waals surface area contributed by atoms with E-state index >= 15 is 0 Å². The van der Waals surface area contributed by atoms with E-state index in [1.807, 2.05) is 6.92 Å². The van der Waals surface area contributed by atoms with Gasteiger partial charge in [-0.15, -0.1) is 11.3 Å². The van der Waals surface area contributed by atoms with Crippen LogP contribution in [0.5, 0.6) is 0 Å². The third-order valence-electron chi connectivity index (χ3n) is 2.73. The van der Waals surface area contributed by atoms with Gasteiger partial charge in [0.15, 0.2) is 0 Å². The van der Waals surface area contributed by atoms with E-state index < -0.39 is 0 Å². The van der Waals surface area contributed by atoms with Crippen molar-refractivity contribution < 1.29 is 4.42 Å². The van der Waals surface area contributed by atoms with Gasteiger partial charge in [0.05, 0.1) is 13.1 Å². The minimum Gasteiger partial charge on any atom is -0.463 e. The van der Waals surface area contributed by atoms with Gasteiger partial charge in [-0.1, -0.05) is 0 Å². The van der Waals surface area contributed by atoms with E-state index in [1.54, 1.807) is 11.3 Å². The van der Waals surface area contributed by atoms with Gasteiger partial charge >= 0.3 is 0 Å². The first-order chi connectivity index (χ1) is 8.58. The summed E-state index contributed by atoms with van der Waals surface area (Å²) in [4.78, 5) is 3.57. The topological polar surface area (TPSA) is 42.4 Å². The normalized spacial score (nSPS) is 11.4. The summed E-state index contributed by atoms with van der Waals surface area (Å²) >= 11 is 5.23. The molecule has 2 heterocycles. The van der Waals surface area contributed by atoms with Crippen LogP contribution in [0.4, 0.5) is 0 Å². The lowest BCUT2D eigenvalue weighted by Crippen LogP contribution is -2.16. The maximum Gasteiger partial charge on any atom is 0.120 e.